The number of amides is 1. The molecule has 0 bridgehead atoms. The van der Waals surface area contributed by atoms with Gasteiger partial charge in [0.25, 0.3) is 5.91 Å². The van der Waals surface area contributed by atoms with Crippen LogP contribution in [0, 0.1) is 6.92 Å². The molecule has 1 amide bonds. The van der Waals surface area contributed by atoms with E-state index in [0.29, 0.717) is 17.0 Å². The Morgan fingerprint density at radius 3 is 2.47 bits per heavy atom. The SMILES string of the molecule is CCN1CCN(c2ccc(C(=O)OC)cc2NC(=O)COc2ccccc2C)CC1. The summed E-state index contributed by atoms with van der Waals surface area (Å²) in [6.45, 7) is 8.62. The van der Waals surface area contributed by atoms with Crippen LogP contribution in [0.25, 0.3) is 0 Å². The van der Waals surface area contributed by atoms with Crippen LogP contribution in [0.2, 0.25) is 0 Å². The van der Waals surface area contributed by atoms with E-state index < -0.39 is 5.97 Å². The first-order valence-electron chi connectivity index (χ1n) is 10.2. The van der Waals surface area contributed by atoms with Crippen LogP contribution in [-0.2, 0) is 9.53 Å². The van der Waals surface area contributed by atoms with Gasteiger partial charge in [-0.3, -0.25) is 4.79 Å². The van der Waals surface area contributed by atoms with Crippen LogP contribution in [0.1, 0.15) is 22.8 Å². The molecular weight excluding hydrogens is 382 g/mol. The normalized spacial score (nSPS) is 14.3. The van der Waals surface area contributed by atoms with Gasteiger partial charge in [0.15, 0.2) is 6.61 Å². The highest BCUT2D eigenvalue weighted by atomic mass is 16.5. The monoisotopic (exact) mass is 411 g/mol. The fourth-order valence-electron chi connectivity index (χ4n) is 3.51. The molecule has 2 aromatic rings. The predicted molar refractivity (Wildman–Crippen MR) is 117 cm³/mol. The molecule has 1 aliphatic heterocycles. The van der Waals surface area contributed by atoms with Gasteiger partial charge >= 0.3 is 5.97 Å². The maximum atomic E-state index is 12.6. The van der Waals surface area contributed by atoms with Crippen molar-refractivity contribution in [3.63, 3.8) is 0 Å². The number of ether oxygens (including phenoxy) is 2. The Balaban J connectivity index is 1.75. The molecule has 1 saturated heterocycles. The van der Waals surface area contributed by atoms with E-state index >= 15 is 0 Å². The summed E-state index contributed by atoms with van der Waals surface area (Å²) >= 11 is 0. The number of carbonyl (C=O) groups is 2. The number of rotatable bonds is 7. The zero-order valence-corrected chi connectivity index (χ0v) is 17.8. The highest BCUT2D eigenvalue weighted by Crippen LogP contribution is 2.29. The molecule has 1 N–H and O–H groups in total. The number of nitrogens with one attached hydrogen (secondary N) is 1. The van der Waals surface area contributed by atoms with E-state index in [-0.39, 0.29) is 12.5 Å². The van der Waals surface area contributed by atoms with Gasteiger partial charge in [-0.25, -0.2) is 4.79 Å². The number of hydrogen-bond acceptors (Lipinski definition) is 6. The Hall–Kier alpha value is -3.06. The molecule has 0 saturated carbocycles. The average Bonchev–Trinajstić information content (AvgIpc) is 2.78. The van der Waals surface area contributed by atoms with Crippen molar-refractivity contribution in [2.45, 2.75) is 13.8 Å². The standard InChI is InChI=1S/C23H29N3O4/c1-4-25-11-13-26(14-12-25)20-10-9-18(23(28)29-3)15-19(20)24-22(27)16-30-21-8-6-5-7-17(21)2/h5-10,15H,4,11-14,16H2,1-3H3,(H,24,27). The molecule has 0 radical (unpaired) electrons. The number of likely N-dealkylation sites (N-methyl/N-ethyl adjacent to an activating group) is 1. The number of piperazine rings is 1. The lowest BCUT2D eigenvalue weighted by molar-refractivity contribution is -0.118. The Kier molecular flexibility index (Phi) is 7.30. The fraction of sp³-hybridized carbons (Fsp3) is 0.391. The third-order valence-corrected chi connectivity index (χ3v) is 5.30. The molecule has 0 unspecified atom stereocenters. The first kappa shape index (κ1) is 21.6. The molecule has 1 aliphatic rings. The van der Waals surface area contributed by atoms with Gasteiger partial charge < -0.3 is 24.6 Å². The fourth-order valence-corrected chi connectivity index (χ4v) is 3.51. The van der Waals surface area contributed by atoms with Crippen molar-refractivity contribution in [1.29, 1.82) is 0 Å². The summed E-state index contributed by atoms with van der Waals surface area (Å²) in [7, 11) is 1.34. The van der Waals surface area contributed by atoms with Crippen LogP contribution < -0.4 is 15.0 Å². The number of hydrogen-bond donors (Lipinski definition) is 1. The summed E-state index contributed by atoms with van der Waals surface area (Å²) in [5.74, 6) is -0.0513. The molecule has 3 rings (SSSR count). The van der Waals surface area contributed by atoms with Gasteiger partial charge in [-0.2, -0.15) is 0 Å². The number of esters is 1. The van der Waals surface area contributed by atoms with Gasteiger partial charge in [0.05, 0.1) is 24.0 Å². The van der Waals surface area contributed by atoms with Gasteiger partial charge in [-0.05, 0) is 43.3 Å². The quantitative estimate of drug-likeness (QED) is 0.707. The van der Waals surface area contributed by atoms with Crippen LogP contribution >= 0.6 is 0 Å². The Labute approximate surface area is 177 Å². The summed E-state index contributed by atoms with van der Waals surface area (Å²) in [5.41, 5.74) is 2.83. The third kappa shape index (κ3) is 5.30. The zero-order chi connectivity index (χ0) is 21.5. The maximum absolute atomic E-state index is 12.6. The molecule has 0 aromatic heterocycles. The second-order valence-corrected chi connectivity index (χ2v) is 7.25. The summed E-state index contributed by atoms with van der Waals surface area (Å²) in [5, 5.41) is 2.92. The molecule has 0 spiro atoms. The van der Waals surface area contributed by atoms with Crippen LogP contribution in [-0.4, -0.2) is 63.2 Å². The molecule has 30 heavy (non-hydrogen) atoms. The number of aryl methyl sites for hydroxylation is 1. The lowest BCUT2D eigenvalue weighted by Crippen LogP contribution is -2.46. The van der Waals surface area contributed by atoms with E-state index in [9.17, 15) is 9.59 Å². The molecular formula is C23H29N3O4. The lowest BCUT2D eigenvalue weighted by atomic mass is 10.1. The average molecular weight is 412 g/mol. The van der Waals surface area contributed by atoms with E-state index in [1.807, 2.05) is 37.3 Å². The minimum Gasteiger partial charge on any atom is -0.483 e. The third-order valence-electron chi connectivity index (χ3n) is 5.30. The Morgan fingerprint density at radius 1 is 1.07 bits per heavy atom. The second-order valence-electron chi connectivity index (χ2n) is 7.25. The Bertz CT molecular complexity index is 892. The van der Waals surface area contributed by atoms with Gasteiger partial charge in [0, 0.05) is 26.2 Å². The second kappa shape index (κ2) is 10.1. The first-order valence-corrected chi connectivity index (χ1v) is 10.2. The van der Waals surface area contributed by atoms with E-state index in [4.69, 9.17) is 9.47 Å². The smallest absolute Gasteiger partial charge is 0.337 e. The first-order chi connectivity index (χ1) is 14.5. The number of para-hydroxylation sites is 1. The highest BCUT2D eigenvalue weighted by Gasteiger charge is 2.21. The van der Waals surface area contributed by atoms with E-state index in [1.54, 1.807) is 12.1 Å². The number of nitrogens with zero attached hydrogens (tertiary/aromatic N) is 2. The molecule has 2 aromatic carbocycles. The molecule has 1 fully saturated rings. The molecule has 160 valence electrons. The van der Waals surface area contributed by atoms with Gasteiger partial charge in [-0.1, -0.05) is 25.1 Å². The Morgan fingerprint density at radius 2 is 1.80 bits per heavy atom. The van der Waals surface area contributed by atoms with Crippen molar-refractivity contribution in [1.82, 2.24) is 4.90 Å². The summed E-state index contributed by atoms with van der Waals surface area (Å²) in [6, 6.07) is 12.8. The minimum absolute atomic E-state index is 0.115. The van der Waals surface area contributed by atoms with E-state index in [2.05, 4.69) is 22.0 Å². The molecule has 7 nitrogen and oxygen atoms in total. The van der Waals surface area contributed by atoms with E-state index in [0.717, 1.165) is 44.0 Å². The number of carbonyl (C=O) groups excluding carboxylic acids is 2. The number of benzene rings is 2. The van der Waals surface area contributed by atoms with Crippen molar-refractivity contribution < 1.29 is 19.1 Å². The maximum Gasteiger partial charge on any atom is 0.337 e. The number of anilines is 2. The summed E-state index contributed by atoms with van der Waals surface area (Å²) in [6.07, 6.45) is 0. The van der Waals surface area contributed by atoms with Gasteiger partial charge in [0.2, 0.25) is 0 Å². The van der Waals surface area contributed by atoms with Crippen LogP contribution in [0.3, 0.4) is 0 Å². The molecule has 7 heteroatoms. The van der Waals surface area contributed by atoms with Crippen LogP contribution in [0.4, 0.5) is 11.4 Å². The van der Waals surface area contributed by atoms with Crippen LogP contribution in [0.15, 0.2) is 42.5 Å². The summed E-state index contributed by atoms with van der Waals surface area (Å²) < 4.78 is 10.5. The molecule has 0 atom stereocenters. The van der Waals surface area contributed by atoms with Crippen LogP contribution in [0.5, 0.6) is 5.75 Å². The van der Waals surface area contributed by atoms with Gasteiger partial charge in [-0.15, -0.1) is 0 Å². The zero-order valence-electron chi connectivity index (χ0n) is 17.8. The largest absolute Gasteiger partial charge is 0.483 e. The topological polar surface area (TPSA) is 71.1 Å². The molecule has 0 aliphatic carbocycles. The minimum atomic E-state index is -0.441. The number of methoxy groups -OCH3 is 1. The summed E-state index contributed by atoms with van der Waals surface area (Å²) in [4.78, 5) is 29.2. The van der Waals surface area contributed by atoms with E-state index in [1.165, 1.54) is 7.11 Å². The van der Waals surface area contributed by atoms with Crippen molar-refractivity contribution in [3.8, 4) is 5.75 Å². The predicted octanol–water partition coefficient (Wildman–Crippen LogP) is 2.94. The van der Waals surface area contributed by atoms with Gasteiger partial charge in [0.1, 0.15) is 5.75 Å². The van der Waals surface area contributed by atoms with Crippen molar-refractivity contribution >= 4 is 23.3 Å². The highest BCUT2D eigenvalue weighted by molar-refractivity contribution is 5.98. The molecule has 1 heterocycles. The lowest BCUT2D eigenvalue weighted by Gasteiger charge is -2.36. The van der Waals surface area contributed by atoms with Crippen molar-refractivity contribution in [3.05, 3.63) is 53.6 Å². The van der Waals surface area contributed by atoms with Crippen molar-refractivity contribution in [2.24, 2.45) is 0 Å². The van der Waals surface area contributed by atoms with Crippen molar-refractivity contribution in [2.75, 3.05) is 56.7 Å².